The van der Waals surface area contributed by atoms with Gasteiger partial charge in [0.25, 0.3) is 0 Å². The van der Waals surface area contributed by atoms with E-state index in [0.29, 0.717) is 0 Å². The summed E-state index contributed by atoms with van der Waals surface area (Å²) < 4.78 is 0. The maximum absolute atomic E-state index is 11.3. The van der Waals surface area contributed by atoms with Gasteiger partial charge in [-0.15, -0.1) is 0 Å². The Morgan fingerprint density at radius 2 is 0.962 bits per heavy atom. The number of allylic oxidation sites excluding steroid dienone is 1. The van der Waals surface area contributed by atoms with E-state index in [9.17, 15) is 10.2 Å². The minimum absolute atomic E-state index is 0.0937. The molecule has 0 spiro atoms. The molecule has 3 aromatic carbocycles. The number of hydrogen-bond acceptors (Lipinski definition) is 1. The highest BCUT2D eigenvalue weighted by Crippen LogP contribution is 2.45. The summed E-state index contributed by atoms with van der Waals surface area (Å²) in [5, 5.41) is 23.9. The van der Waals surface area contributed by atoms with Crippen molar-refractivity contribution in [3.63, 3.8) is 0 Å². The van der Waals surface area contributed by atoms with Crippen molar-refractivity contribution in [2.24, 2.45) is 0 Å². The summed E-state index contributed by atoms with van der Waals surface area (Å²) in [4.78, 5) is 0. The third kappa shape index (κ3) is 3.43. The molecule has 0 saturated carbocycles. The van der Waals surface area contributed by atoms with Gasteiger partial charge in [0.1, 0.15) is 5.76 Å². The SMILES string of the molecule is C=C(O)/C=C\C(O)=P(c1ccccc1)(c1ccccc1)c1ccccc1. The Bertz CT molecular complexity index is 855. The topological polar surface area (TPSA) is 40.5 Å². The van der Waals surface area contributed by atoms with Crippen molar-refractivity contribution in [2.75, 3.05) is 0 Å². The number of aliphatic hydroxyl groups is 2. The molecule has 0 aliphatic carbocycles. The van der Waals surface area contributed by atoms with Gasteiger partial charge >= 0.3 is 0 Å². The molecule has 0 fully saturated rings. The average Bonchev–Trinajstić information content (AvgIpc) is 2.69. The standard InChI is InChI=1S/C23H21O2P/c1-19(24)17-18-23(25)26(20-11-5-2-6-12-20,21-13-7-3-8-14-21)22-15-9-4-10-16-22/h2-18,24-25H,1H2/b18-17-. The normalized spacial score (nSPS) is 11.4. The molecule has 0 aromatic heterocycles. The lowest BCUT2D eigenvalue weighted by molar-refractivity contribution is 0.435. The van der Waals surface area contributed by atoms with E-state index in [1.807, 2.05) is 91.0 Å². The zero-order valence-corrected chi connectivity index (χ0v) is 15.3. The fraction of sp³-hybridized carbons (Fsp3) is 0. The van der Waals surface area contributed by atoms with Crippen LogP contribution in [0.25, 0.3) is 0 Å². The molecule has 3 aromatic rings. The third-order valence-corrected chi connectivity index (χ3v) is 8.25. The predicted octanol–water partition coefficient (Wildman–Crippen LogP) is 4.11. The molecule has 0 aliphatic rings. The van der Waals surface area contributed by atoms with Gasteiger partial charge in [-0.3, -0.25) is 0 Å². The second-order valence-electron chi connectivity index (χ2n) is 5.86. The lowest BCUT2D eigenvalue weighted by atomic mass is 10.4. The molecule has 0 unspecified atom stereocenters. The number of aliphatic hydroxyl groups excluding tert-OH is 2. The molecule has 0 amide bonds. The summed E-state index contributed by atoms with van der Waals surface area (Å²) in [5.74, 6) is -0.0937. The highest BCUT2D eigenvalue weighted by molar-refractivity contribution is 7.95. The molecule has 0 atom stereocenters. The van der Waals surface area contributed by atoms with Gasteiger partial charge in [0.05, 0.1) is 5.48 Å². The summed E-state index contributed by atoms with van der Waals surface area (Å²) in [6, 6.07) is 30.1. The van der Waals surface area contributed by atoms with Crippen molar-refractivity contribution in [2.45, 2.75) is 0 Å². The monoisotopic (exact) mass is 360 g/mol. The molecule has 0 radical (unpaired) electrons. The van der Waals surface area contributed by atoms with Crippen LogP contribution in [-0.4, -0.2) is 15.7 Å². The minimum Gasteiger partial charge on any atom is -0.509 e. The van der Waals surface area contributed by atoms with Crippen LogP contribution in [0.5, 0.6) is 0 Å². The van der Waals surface area contributed by atoms with Gasteiger partial charge < -0.3 is 10.2 Å². The molecule has 0 heterocycles. The van der Waals surface area contributed by atoms with E-state index in [-0.39, 0.29) is 11.2 Å². The molecular formula is C23H21O2P. The molecule has 2 nitrogen and oxygen atoms in total. The van der Waals surface area contributed by atoms with Crippen LogP contribution in [0.4, 0.5) is 0 Å². The van der Waals surface area contributed by atoms with E-state index in [1.165, 1.54) is 6.08 Å². The van der Waals surface area contributed by atoms with Crippen molar-refractivity contribution >= 4 is 28.3 Å². The van der Waals surface area contributed by atoms with Crippen LogP contribution in [0, 0.1) is 0 Å². The first kappa shape index (κ1) is 18.0. The largest absolute Gasteiger partial charge is 0.509 e. The van der Waals surface area contributed by atoms with E-state index >= 15 is 0 Å². The average molecular weight is 360 g/mol. The number of rotatable bonds is 5. The molecule has 26 heavy (non-hydrogen) atoms. The Hall–Kier alpha value is -2.80. The third-order valence-electron chi connectivity index (χ3n) is 4.20. The molecule has 3 rings (SSSR count). The predicted molar refractivity (Wildman–Crippen MR) is 113 cm³/mol. The molecule has 0 aliphatic heterocycles. The Labute approximate surface area is 154 Å². The Morgan fingerprint density at radius 3 is 1.27 bits per heavy atom. The summed E-state index contributed by atoms with van der Waals surface area (Å²) in [6.07, 6.45) is 2.99. The van der Waals surface area contributed by atoms with Gasteiger partial charge in [0.15, 0.2) is 0 Å². The van der Waals surface area contributed by atoms with Crippen molar-refractivity contribution in [1.29, 1.82) is 0 Å². The molecule has 130 valence electrons. The lowest BCUT2D eigenvalue weighted by Crippen LogP contribution is -2.29. The van der Waals surface area contributed by atoms with Crippen molar-refractivity contribution in [3.8, 4) is 0 Å². The van der Waals surface area contributed by atoms with Crippen LogP contribution in [0.1, 0.15) is 0 Å². The maximum Gasteiger partial charge on any atom is 0.108 e. The molecule has 2 N–H and O–H groups in total. The molecular weight excluding hydrogens is 339 g/mol. The first-order valence-corrected chi connectivity index (χ1v) is 10.1. The van der Waals surface area contributed by atoms with Gasteiger partial charge in [-0.25, -0.2) is 0 Å². The molecule has 0 saturated heterocycles. The van der Waals surface area contributed by atoms with Gasteiger partial charge in [-0.2, -0.15) is 0 Å². The quantitative estimate of drug-likeness (QED) is 0.408. The fourth-order valence-electron chi connectivity index (χ4n) is 3.08. The van der Waals surface area contributed by atoms with E-state index in [0.717, 1.165) is 15.9 Å². The summed E-state index contributed by atoms with van der Waals surface area (Å²) >= 11 is 0. The van der Waals surface area contributed by atoms with Crippen molar-refractivity contribution in [1.82, 2.24) is 0 Å². The van der Waals surface area contributed by atoms with Crippen LogP contribution in [-0.2, 0) is 0 Å². The maximum atomic E-state index is 11.3. The van der Waals surface area contributed by atoms with Gasteiger partial charge in [-0.05, 0) is 28.1 Å². The summed E-state index contributed by atoms with van der Waals surface area (Å²) in [6.45, 7) is 1.02. The van der Waals surface area contributed by atoms with Gasteiger partial charge in [0.2, 0.25) is 0 Å². The Morgan fingerprint density at radius 1 is 0.615 bits per heavy atom. The van der Waals surface area contributed by atoms with E-state index in [4.69, 9.17) is 0 Å². The van der Waals surface area contributed by atoms with E-state index < -0.39 is 6.89 Å². The number of benzene rings is 3. The molecule has 0 bridgehead atoms. The summed E-state index contributed by atoms with van der Waals surface area (Å²) in [7, 11) is 0. The van der Waals surface area contributed by atoms with Gasteiger partial charge in [0, 0.05) is 6.89 Å². The summed E-state index contributed by atoms with van der Waals surface area (Å²) in [5.41, 5.74) is 0.219. The van der Waals surface area contributed by atoms with Crippen molar-refractivity contribution in [3.05, 3.63) is 115 Å². The zero-order chi connectivity index (χ0) is 18.4. The fourth-order valence-corrected chi connectivity index (χ4v) is 6.93. The van der Waals surface area contributed by atoms with Crippen LogP contribution in [0.3, 0.4) is 0 Å². The van der Waals surface area contributed by atoms with Crippen LogP contribution in [0.2, 0.25) is 0 Å². The second kappa shape index (κ2) is 8.05. The van der Waals surface area contributed by atoms with E-state index in [2.05, 4.69) is 6.58 Å². The molecule has 3 heteroatoms. The zero-order valence-electron chi connectivity index (χ0n) is 14.4. The van der Waals surface area contributed by atoms with Crippen LogP contribution >= 0.6 is 6.89 Å². The Balaban J connectivity index is 2.48. The first-order valence-electron chi connectivity index (χ1n) is 8.34. The van der Waals surface area contributed by atoms with Crippen LogP contribution in [0.15, 0.2) is 115 Å². The highest BCUT2D eigenvalue weighted by atomic mass is 31.2. The lowest BCUT2D eigenvalue weighted by Gasteiger charge is -2.29. The first-order chi connectivity index (χ1) is 12.7. The van der Waals surface area contributed by atoms with Crippen LogP contribution < -0.4 is 15.9 Å². The van der Waals surface area contributed by atoms with Crippen molar-refractivity contribution < 1.29 is 10.2 Å². The van der Waals surface area contributed by atoms with E-state index in [1.54, 1.807) is 6.08 Å². The van der Waals surface area contributed by atoms with Gasteiger partial charge in [-0.1, -0.05) is 97.6 Å². The smallest absolute Gasteiger partial charge is 0.108 e. The Kier molecular flexibility index (Phi) is 5.58. The number of hydrogen-bond donors (Lipinski definition) is 2. The highest BCUT2D eigenvalue weighted by Gasteiger charge is 2.28. The second-order valence-corrected chi connectivity index (χ2v) is 9.21. The minimum atomic E-state index is -2.47.